The maximum Gasteiger partial charge on any atom is 0.228 e. The van der Waals surface area contributed by atoms with Gasteiger partial charge >= 0.3 is 0 Å². The van der Waals surface area contributed by atoms with Gasteiger partial charge in [-0.2, -0.15) is 0 Å². The third-order valence-electron chi connectivity index (χ3n) is 3.69. The zero-order valence-electron chi connectivity index (χ0n) is 11.0. The first-order chi connectivity index (χ1) is 10.0. The summed E-state index contributed by atoms with van der Waals surface area (Å²) in [6.07, 6.45) is 1.26. The van der Waals surface area contributed by atoms with Crippen molar-refractivity contribution in [1.29, 1.82) is 0 Å². The zero-order valence-corrected chi connectivity index (χ0v) is 12.6. The summed E-state index contributed by atoms with van der Waals surface area (Å²) in [6.45, 7) is 0. The van der Waals surface area contributed by atoms with Gasteiger partial charge < -0.3 is 5.32 Å². The molecule has 0 aromatic heterocycles. The minimum absolute atomic E-state index is 0.0336. The Morgan fingerprint density at radius 3 is 2.33 bits per heavy atom. The van der Waals surface area contributed by atoms with Crippen LogP contribution in [0.15, 0.2) is 40.9 Å². The average molecular weight is 352 g/mol. The van der Waals surface area contributed by atoms with E-state index in [-0.39, 0.29) is 22.0 Å². The minimum Gasteiger partial charge on any atom is -0.323 e. The number of nitrogens with one attached hydrogen (secondary N) is 1. The quantitative estimate of drug-likeness (QED) is 0.811. The first-order valence-corrected chi connectivity index (χ1v) is 7.36. The van der Waals surface area contributed by atoms with Crippen molar-refractivity contribution in [2.45, 2.75) is 12.8 Å². The van der Waals surface area contributed by atoms with E-state index in [2.05, 4.69) is 21.2 Å². The van der Waals surface area contributed by atoms with Crippen LogP contribution in [-0.2, 0) is 17.6 Å². The summed E-state index contributed by atoms with van der Waals surface area (Å²) in [4.78, 5) is 12.2. The number of halogens is 3. The van der Waals surface area contributed by atoms with Crippen molar-refractivity contribution in [2.75, 3.05) is 5.32 Å². The summed E-state index contributed by atoms with van der Waals surface area (Å²) in [6, 6.07) is 9.84. The average Bonchev–Trinajstić information content (AvgIpc) is 2.88. The number of rotatable bonds is 2. The SMILES string of the molecule is O=C(Nc1cc(F)c(Br)cc1F)C1Cc2ccccc2C1. The lowest BCUT2D eigenvalue weighted by Gasteiger charge is -2.11. The van der Waals surface area contributed by atoms with E-state index in [0.717, 1.165) is 23.3 Å². The Balaban J connectivity index is 1.75. The van der Waals surface area contributed by atoms with Crippen LogP contribution in [-0.4, -0.2) is 5.91 Å². The number of amides is 1. The van der Waals surface area contributed by atoms with E-state index in [1.807, 2.05) is 24.3 Å². The van der Waals surface area contributed by atoms with Gasteiger partial charge in [-0.1, -0.05) is 24.3 Å². The molecule has 0 bridgehead atoms. The Hall–Kier alpha value is -1.75. The first kappa shape index (κ1) is 14.2. The summed E-state index contributed by atoms with van der Waals surface area (Å²) in [5, 5.41) is 2.48. The van der Waals surface area contributed by atoms with Crippen LogP contribution in [0.4, 0.5) is 14.5 Å². The monoisotopic (exact) mass is 351 g/mol. The van der Waals surface area contributed by atoms with Crippen molar-refractivity contribution >= 4 is 27.5 Å². The van der Waals surface area contributed by atoms with Gasteiger partial charge in [0, 0.05) is 12.0 Å². The Labute approximate surface area is 129 Å². The highest BCUT2D eigenvalue weighted by Gasteiger charge is 2.27. The molecule has 0 saturated heterocycles. The number of benzene rings is 2. The van der Waals surface area contributed by atoms with Gasteiger partial charge in [0.1, 0.15) is 11.6 Å². The van der Waals surface area contributed by atoms with E-state index in [1.165, 1.54) is 0 Å². The second kappa shape index (κ2) is 5.56. The molecular weight excluding hydrogens is 340 g/mol. The molecule has 1 aliphatic rings. The van der Waals surface area contributed by atoms with Crippen molar-refractivity contribution in [1.82, 2.24) is 0 Å². The fraction of sp³-hybridized carbons (Fsp3) is 0.188. The summed E-state index contributed by atoms with van der Waals surface area (Å²) >= 11 is 2.90. The van der Waals surface area contributed by atoms with Gasteiger partial charge in [0.25, 0.3) is 0 Å². The number of hydrogen-bond acceptors (Lipinski definition) is 1. The topological polar surface area (TPSA) is 29.1 Å². The molecule has 5 heteroatoms. The zero-order chi connectivity index (χ0) is 15.0. The highest BCUT2D eigenvalue weighted by molar-refractivity contribution is 9.10. The molecule has 0 heterocycles. The molecule has 21 heavy (non-hydrogen) atoms. The molecule has 108 valence electrons. The smallest absolute Gasteiger partial charge is 0.228 e. The van der Waals surface area contributed by atoms with Crippen LogP contribution in [0.25, 0.3) is 0 Å². The first-order valence-electron chi connectivity index (χ1n) is 6.57. The van der Waals surface area contributed by atoms with E-state index in [1.54, 1.807) is 0 Å². The number of hydrogen-bond donors (Lipinski definition) is 1. The van der Waals surface area contributed by atoms with E-state index >= 15 is 0 Å². The van der Waals surface area contributed by atoms with Crippen molar-refractivity contribution in [3.8, 4) is 0 Å². The Kier molecular flexibility index (Phi) is 3.76. The molecule has 0 spiro atoms. The summed E-state index contributed by atoms with van der Waals surface area (Å²) < 4.78 is 27.2. The lowest BCUT2D eigenvalue weighted by atomic mass is 10.1. The molecule has 2 nitrogen and oxygen atoms in total. The van der Waals surface area contributed by atoms with Crippen molar-refractivity contribution < 1.29 is 13.6 Å². The number of fused-ring (bicyclic) bond motifs is 1. The third-order valence-corrected chi connectivity index (χ3v) is 4.30. The van der Waals surface area contributed by atoms with Crippen molar-refractivity contribution in [3.63, 3.8) is 0 Å². The van der Waals surface area contributed by atoms with Crippen LogP contribution in [0.1, 0.15) is 11.1 Å². The van der Waals surface area contributed by atoms with Gasteiger partial charge in [-0.05, 0) is 46.0 Å². The maximum atomic E-state index is 13.7. The van der Waals surface area contributed by atoms with Gasteiger partial charge in [0.2, 0.25) is 5.91 Å². The van der Waals surface area contributed by atoms with E-state index in [4.69, 9.17) is 0 Å². The van der Waals surface area contributed by atoms with E-state index in [0.29, 0.717) is 12.8 Å². The molecular formula is C16H12BrF2NO. The molecule has 0 fully saturated rings. The predicted octanol–water partition coefficient (Wildman–Crippen LogP) is 4.08. The van der Waals surface area contributed by atoms with Crippen LogP contribution in [0.3, 0.4) is 0 Å². The molecule has 3 rings (SSSR count). The van der Waals surface area contributed by atoms with Crippen LogP contribution in [0, 0.1) is 17.6 Å². The van der Waals surface area contributed by atoms with Crippen molar-refractivity contribution in [3.05, 3.63) is 63.6 Å². The van der Waals surface area contributed by atoms with Gasteiger partial charge in [-0.3, -0.25) is 4.79 Å². The minimum atomic E-state index is -0.660. The highest BCUT2D eigenvalue weighted by atomic mass is 79.9. The largest absolute Gasteiger partial charge is 0.323 e. The molecule has 1 aliphatic carbocycles. The Morgan fingerprint density at radius 1 is 1.10 bits per heavy atom. The van der Waals surface area contributed by atoms with Crippen LogP contribution >= 0.6 is 15.9 Å². The van der Waals surface area contributed by atoms with Crippen LogP contribution < -0.4 is 5.32 Å². The predicted molar refractivity (Wildman–Crippen MR) is 80.0 cm³/mol. The lowest BCUT2D eigenvalue weighted by Crippen LogP contribution is -2.23. The van der Waals surface area contributed by atoms with E-state index < -0.39 is 11.6 Å². The van der Waals surface area contributed by atoms with Crippen LogP contribution in [0.5, 0.6) is 0 Å². The summed E-state index contributed by atoms with van der Waals surface area (Å²) in [5.74, 6) is -1.80. The lowest BCUT2D eigenvalue weighted by molar-refractivity contribution is -0.119. The van der Waals surface area contributed by atoms with Crippen molar-refractivity contribution in [2.24, 2.45) is 5.92 Å². The molecule has 0 saturated carbocycles. The third kappa shape index (κ3) is 2.83. The second-order valence-electron chi connectivity index (χ2n) is 5.11. The fourth-order valence-corrected chi connectivity index (χ4v) is 2.91. The standard InChI is InChI=1S/C16H12BrF2NO/c17-12-7-14(19)15(8-13(12)18)20-16(21)11-5-9-3-1-2-4-10(9)6-11/h1-4,7-8,11H,5-6H2,(H,20,21). The molecule has 2 aromatic rings. The molecule has 0 atom stereocenters. The molecule has 0 aliphatic heterocycles. The molecule has 1 N–H and O–H groups in total. The van der Waals surface area contributed by atoms with Gasteiger partial charge in [0.05, 0.1) is 10.2 Å². The molecule has 2 aromatic carbocycles. The van der Waals surface area contributed by atoms with Gasteiger partial charge in [-0.25, -0.2) is 8.78 Å². The number of anilines is 1. The van der Waals surface area contributed by atoms with Gasteiger partial charge in [-0.15, -0.1) is 0 Å². The molecule has 0 radical (unpaired) electrons. The van der Waals surface area contributed by atoms with Crippen LogP contribution in [0.2, 0.25) is 0 Å². The molecule has 1 amide bonds. The number of carbonyl (C=O) groups excluding carboxylic acids is 1. The summed E-state index contributed by atoms with van der Waals surface area (Å²) in [7, 11) is 0. The van der Waals surface area contributed by atoms with E-state index in [9.17, 15) is 13.6 Å². The number of carbonyl (C=O) groups is 1. The summed E-state index contributed by atoms with van der Waals surface area (Å²) in [5.41, 5.74) is 2.15. The molecule has 0 unspecified atom stereocenters. The second-order valence-corrected chi connectivity index (χ2v) is 5.96. The normalized spacial score (nSPS) is 14.0. The highest BCUT2D eigenvalue weighted by Crippen LogP contribution is 2.29. The Morgan fingerprint density at radius 2 is 1.71 bits per heavy atom. The Bertz CT molecular complexity index is 692. The fourth-order valence-electron chi connectivity index (χ4n) is 2.60. The maximum absolute atomic E-state index is 13.7. The van der Waals surface area contributed by atoms with Gasteiger partial charge in [0.15, 0.2) is 0 Å².